The molecule has 2 nitrogen and oxygen atoms in total. The van der Waals surface area contributed by atoms with Gasteiger partial charge in [-0.25, -0.2) is 8.78 Å². The largest absolute Gasteiger partial charge is 0.312 e. The van der Waals surface area contributed by atoms with Gasteiger partial charge in [0.2, 0.25) is 0 Å². The normalized spacial score (nSPS) is 26.8. The van der Waals surface area contributed by atoms with E-state index >= 15 is 0 Å². The molecule has 0 aromatic heterocycles. The summed E-state index contributed by atoms with van der Waals surface area (Å²) < 4.78 is 23.8. The van der Waals surface area contributed by atoms with Crippen molar-refractivity contribution in [2.45, 2.75) is 39.2 Å². The van der Waals surface area contributed by atoms with Crippen molar-refractivity contribution < 1.29 is 8.78 Å². The van der Waals surface area contributed by atoms with E-state index in [-0.39, 0.29) is 12.0 Å². The Balaban J connectivity index is 2.27. The molecular formula is C10H20F2N2. The molecular weight excluding hydrogens is 186 g/mol. The number of alkyl halides is 2. The molecule has 84 valence electrons. The number of nitrogens with one attached hydrogen (secondary N) is 2. The number of hydrogen-bond acceptors (Lipinski definition) is 2. The summed E-state index contributed by atoms with van der Waals surface area (Å²) in [6, 6.07) is 0.315. The van der Waals surface area contributed by atoms with E-state index < -0.39 is 6.43 Å². The zero-order valence-corrected chi connectivity index (χ0v) is 8.95. The van der Waals surface area contributed by atoms with Crippen molar-refractivity contribution in [3.05, 3.63) is 0 Å². The summed E-state index contributed by atoms with van der Waals surface area (Å²) in [6.07, 6.45) is 0.0982. The fourth-order valence-electron chi connectivity index (χ4n) is 1.96. The van der Waals surface area contributed by atoms with Gasteiger partial charge < -0.3 is 10.6 Å². The van der Waals surface area contributed by atoms with Gasteiger partial charge >= 0.3 is 0 Å². The molecule has 0 amide bonds. The first kappa shape index (κ1) is 11.9. The van der Waals surface area contributed by atoms with Crippen molar-refractivity contribution in [3.63, 3.8) is 0 Å². The van der Waals surface area contributed by atoms with E-state index in [0.717, 1.165) is 6.54 Å². The zero-order chi connectivity index (χ0) is 10.6. The van der Waals surface area contributed by atoms with Crippen LogP contribution in [0.1, 0.15) is 26.7 Å². The van der Waals surface area contributed by atoms with Crippen LogP contribution in [-0.2, 0) is 0 Å². The molecule has 1 unspecified atom stereocenters. The average molecular weight is 206 g/mol. The maximum absolute atomic E-state index is 11.9. The highest BCUT2D eigenvalue weighted by atomic mass is 19.3. The second kappa shape index (κ2) is 5.03. The molecule has 0 bridgehead atoms. The number of piperidine rings is 1. The Morgan fingerprint density at radius 2 is 2.21 bits per heavy atom. The summed E-state index contributed by atoms with van der Waals surface area (Å²) in [4.78, 5) is 0. The molecule has 0 radical (unpaired) electrons. The van der Waals surface area contributed by atoms with Crippen LogP contribution in [0.4, 0.5) is 8.78 Å². The van der Waals surface area contributed by atoms with E-state index in [1.807, 2.05) is 0 Å². The van der Waals surface area contributed by atoms with Crippen molar-refractivity contribution in [1.29, 1.82) is 0 Å². The van der Waals surface area contributed by atoms with Crippen LogP contribution in [0.25, 0.3) is 0 Å². The Morgan fingerprint density at radius 1 is 1.50 bits per heavy atom. The first-order valence-electron chi connectivity index (χ1n) is 5.24. The molecule has 1 rings (SSSR count). The van der Waals surface area contributed by atoms with Crippen LogP contribution in [0.15, 0.2) is 0 Å². The van der Waals surface area contributed by atoms with Gasteiger partial charge in [0.15, 0.2) is 0 Å². The summed E-state index contributed by atoms with van der Waals surface area (Å²) in [6.45, 7) is 5.82. The molecule has 0 aromatic rings. The molecule has 4 heteroatoms. The minimum atomic E-state index is -2.25. The van der Waals surface area contributed by atoms with E-state index in [0.29, 0.717) is 12.6 Å². The lowest BCUT2D eigenvalue weighted by Gasteiger charge is -2.39. The molecule has 0 saturated carbocycles. The van der Waals surface area contributed by atoms with Crippen molar-refractivity contribution in [2.24, 2.45) is 5.41 Å². The molecule has 0 aliphatic carbocycles. The Morgan fingerprint density at radius 3 is 2.79 bits per heavy atom. The van der Waals surface area contributed by atoms with Gasteiger partial charge in [-0.1, -0.05) is 13.8 Å². The molecule has 1 aliphatic rings. The SMILES string of the molecule is CC1(C)CCCNC1CNCC(F)F. The monoisotopic (exact) mass is 206 g/mol. The Hall–Kier alpha value is -0.220. The predicted octanol–water partition coefficient (Wildman–Crippen LogP) is 1.62. The first-order valence-corrected chi connectivity index (χ1v) is 5.24. The van der Waals surface area contributed by atoms with Crippen LogP contribution >= 0.6 is 0 Å². The minimum Gasteiger partial charge on any atom is -0.312 e. The van der Waals surface area contributed by atoms with Crippen molar-refractivity contribution >= 4 is 0 Å². The quantitative estimate of drug-likeness (QED) is 0.730. The average Bonchev–Trinajstić information content (AvgIpc) is 2.07. The third kappa shape index (κ3) is 3.50. The summed E-state index contributed by atoms with van der Waals surface area (Å²) in [5.74, 6) is 0. The van der Waals surface area contributed by atoms with Gasteiger partial charge in [-0.05, 0) is 24.8 Å². The lowest BCUT2D eigenvalue weighted by atomic mass is 9.77. The summed E-state index contributed by atoms with van der Waals surface area (Å²) in [7, 11) is 0. The third-order valence-corrected chi connectivity index (χ3v) is 2.98. The standard InChI is InChI=1S/C10H20F2N2/c1-10(2)4-3-5-14-8(10)6-13-7-9(11)12/h8-9,13-14H,3-7H2,1-2H3. The Labute approximate surface area is 84.4 Å². The van der Waals surface area contributed by atoms with Gasteiger partial charge in [0.25, 0.3) is 6.43 Å². The zero-order valence-electron chi connectivity index (χ0n) is 8.95. The fraction of sp³-hybridized carbons (Fsp3) is 1.00. The highest BCUT2D eigenvalue weighted by Crippen LogP contribution is 2.29. The molecule has 14 heavy (non-hydrogen) atoms. The van der Waals surface area contributed by atoms with Crippen LogP contribution in [0.3, 0.4) is 0 Å². The van der Waals surface area contributed by atoms with Gasteiger partial charge in [0.1, 0.15) is 0 Å². The number of hydrogen-bond donors (Lipinski definition) is 2. The van der Waals surface area contributed by atoms with Gasteiger partial charge in [-0.2, -0.15) is 0 Å². The Kier molecular flexibility index (Phi) is 4.26. The molecule has 1 fully saturated rings. The van der Waals surface area contributed by atoms with E-state index in [9.17, 15) is 8.78 Å². The predicted molar refractivity (Wildman–Crippen MR) is 53.7 cm³/mol. The second-order valence-corrected chi connectivity index (χ2v) is 4.65. The van der Waals surface area contributed by atoms with Crippen LogP contribution < -0.4 is 10.6 Å². The summed E-state index contributed by atoms with van der Waals surface area (Å²) in [5, 5.41) is 6.17. The van der Waals surface area contributed by atoms with E-state index in [2.05, 4.69) is 24.5 Å². The second-order valence-electron chi connectivity index (χ2n) is 4.65. The molecule has 0 spiro atoms. The van der Waals surface area contributed by atoms with Gasteiger partial charge in [0.05, 0.1) is 6.54 Å². The van der Waals surface area contributed by atoms with Crippen molar-refractivity contribution in [2.75, 3.05) is 19.6 Å². The molecule has 2 N–H and O–H groups in total. The first-order chi connectivity index (χ1) is 6.52. The van der Waals surface area contributed by atoms with Crippen molar-refractivity contribution in [3.8, 4) is 0 Å². The van der Waals surface area contributed by atoms with E-state index in [1.165, 1.54) is 12.8 Å². The smallest absolute Gasteiger partial charge is 0.250 e. The lowest BCUT2D eigenvalue weighted by molar-refractivity contribution is 0.132. The number of halogens is 2. The molecule has 1 aliphatic heterocycles. The molecule has 1 heterocycles. The third-order valence-electron chi connectivity index (χ3n) is 2.98. The molecule has 0 aromatic carbocycles. The van der Waals surface area contributed by atoms with Crippen molar-refractivity contribution in [1.82, 2.24) is 10.6 Å². The fourth-order valence-corrected chi connectivity index (χ4v) is 1.96. The number of rotatable bonds is 4. The topological polar surface area (TPSA) is 24.1 Å². The maximum Gasteiger partial charge on any atom is 0.250 e. The van der Waals surface area contributed by atoms with E-state index in [4.69, 9.17) is 0 Å². The van der Waals surface area contributed by atoms with Crippen LogP contribution in [0, 0.1) is 5.41 Å². The molecule has 1 saturated heterocycles. The highest BCUT2D eigenvalue weighted by Gasteiger charge is 2.31. The summed E-state index contributed by atoms with van der Waals surface area (Å²) >= 11 is 0. The Bertz CT molecular complexity index is 172. The maximum atomic E-state index is 11.9. The molecule has 1 atom stereocenters. The van der Waals surface area contributed by atoms with E-state index in [1.54, 1.807) is 0 Å². The van der Waals surface area contributed by atoms with Gasteiger partial charge in [-0.15, -0.1) is 0 Å². The van der Waals surface area contributed by atoms with Gasteiger partial charge in [-0.3, -0.25) is 0 Å². The minimum absolute atomic E-state index is 0.200. The van der Waals surface area contributed by atoms with Crippen LogP contribution in [0.5, 0.6) is 0 Å². The summed E-state index contributed by atoms with van der Waals surface area (Å²) in [5.41, 5.74) is 0.216. The van der Waals surface area contributed by atoms with Crippen LogP contribution in [-0.4, -0.2) is 32.1 Å². The highest BCUT2D eigenvalue weighted by molar-refractivity contribution is 4.89. The van der Waals surface area contributed by atoms with Crippen LogP contribution in [0.2, 0.25) is 0 Å². The van der Waals surface area contributed by atoms with Gasteiger partial charge in [0, 0.05) is 12.6 Å². The lowest BCUT2D eigenvalue weighted by Crippen LogP contribution is -2.52.